The molecule has 0 saturated carbocycles. The highest BCUT2D eigenvalue weighted by Crippen LogP contribution is 2.27. The number of Topliss-reactive ketones (excluding diaryl/α,β-unsaturated/α-hetero) is 2. The Balaban J connectivity index is 2.68. The zero-order valence-corrected chi connectivity index (χ0v) is 8.89. The highest BCUT2D eigenvalue weighted by molar-refractivity contribution is 6.50. The van der Waals surface area contributed by atoms with Gasteiger partial charge in [-0.2, -0.15) is 0 Å². The molecule has 0 amide bonds. The van der Waals surface area contributed by atoms with E-state index in [0.29, 0.717) is 11.1 Å². The lowest BCUT2D eigenvalue weighted by atomic mass is 9.93. The fraction of sp³-hybridized carbons (Fsp3) is 0. The molecule has 1 aliphatic rings. The lowest BCUT2D eigenvalue weighted by Gasteiger charge is -2.15. The summed E-state index contributed by atoms with van der Waals surface area (Å²) in [6.07, 6.45) is 0. The van der Waals surface area contributed by atoms with E-state index in [2.05, 4.69) is 4.84 Å². The molecule has 5 heteroatoms. The Labute approximate surface area is 95.8 Å². The van der Waals surface area contributed by atoms with Gasteiger partial charge in [-0.15, -0.1) is 0 Å². The second-order valence-corrected chi connectivity index (χ2v) is 3.55. The molecule has 0 radical (unpaired) electrons. The minimum atomic E-state index is -0.394. The van der Waals surface area contributed by atoms with Crippen molar-refractivity contribution in [3.63, 3.8) is 0 Å². The summed E-state index contributed by atoms with van der Waals surface area (Å²) in [7, 11) is 0. The standard InChI is InChI=1S/C10H5Cl2NO2/c11-7-8(13-12)10(15)6-4-2-1-3-5(6)9(7)14/h1-4,13H. The maximum atomic E-state index is 11.8. The zero-order chi connectivity index (χ0) is 11.0. The van der Waals surface area contributed by atoms with Crippen molar-refractivity contribution in [1.82, 2.24) is 4.84 Å². The van der Waals surface area contributed by atoms with E-state index >= 15 is 0 Å². The molecule has 0 bridgehead atoms. The molecule has 1 N–H and O–H groups in total. The van der Waals surface area contributed by atoms with Gasteiger partial charge in [0.05, 0.1) is 0 Å². The fourth-order valence-corrected chi connectivity index (χ4v) is 1.89. The Bertz CT molecular complexity index is 494. The second-order valence-electron chi connectivity index (χ2n) is 2.99. The van der Waals surface area contributed by atoms with Crippen LogP contribution < -0.4 is 4.84 Å². The lowest BCUT2D eigenvalue weighted by Crippen LogP contribution is -2.24. The first kappa shape index (κ1) is 10.2. The van der Waals surface area contributed by atoms with Crippen molar-refractivity contribution in [1.29, 1.82) is 0 Å². The van der Waals surface area contributed by atoms with Crippen molar-refractivity contribution >= 4 is 34.9 Å². The van der Waals surface area contributed by atoms with E-state index in [1.165, 1.54) is 0 Å². The van der Waals surface area contributed by atoms with Gasteiger partial charge < -0.3 is 0 Å². The van der Waals surface area contributed by atoms with Gasteiger partial charge in [0, 0.05) is 22.9 Å². The van der Waals surface area contributed by atoms with Crippen LogP contribution >= 0.6 is 23.4 Å². The monoisotopic (exact) mass is 241 g/mol. The molecule has 1 aromatic rings. The molecule has 0 heterocycles. The first-order valence-electron chi connectivity index (χ1n) is 4.11. The summed E-state index contributed by atoms with van der Waals surface area (Å²) in [5.74, 6) is -0.764. The van der Waals surface area contributed by atoms with E-state index in [-0.39, 0.29) is 16.5 Å². The number of halogens is 2. The molecule has 0 unspecified atom stereocenters. The number of ketones is 2. The summed E-state index contributed by atoms with van der Waals surface area (Å²) in [6, 6.07) is 6.47. The van der Waals surface area contributed by atoms with Crippen LogP contribution in [-0.4, -0.2) is 11.6 Å². The third kappa shape index (κ3) is 1.44. The van der Waals surface area contributed by atoms with Crippen molar-refractivity contribution in [2.45, 2.75) is 0 Å². The third-order valence-electron chi connectivity index (χ3n) is 2.16. The average molecular weight is 242 g/mol. The zero-order valence-electron chi connectivity index (χ0n) is 7.38. The van der Waals surface area contributed by atoms with E-state index in [4.69, 9.17) is 23.4 Å². The first-order chi connectivity index (χ1) is 7.16. The van der Waals surface area contributed by atoms with Gasteiger partial charge in [0.2, 0.25) is 11.6 Å². The number of allylic oxidation sites excluding steroid dienone is 2. The Morgan fingerprint density at radius 1 is 1.00 bits per heavy atom. The van der Waals surface area contributed by atoms with Crippen LogP contribution in [0.3, 0.4) is 0 Å². The van der Waals surface area contributed by atoms with Crippen LogP contribution in [0, 0.1) is 0 Å². The number of carbonyl (C=O) groups excluding carboxylic acids is 2. The van der Waals surface area contributed by atoms with Gasteiger partial charge in [0.1, 0.15) is 10.7 Å². The van der Waals surface area contributed by atoms with Gasteiger partial charge in [-0.05, 0) is 0 Å². The topological polar surface area (TPSA) is 46.2 Å². The molecule has 0 fully saturated rings. The predicted octanol–water partition coefficient (Wildman–Crippen LogP) is 2.26. The van der Waals surface area contributed by atoms with E-state index in [0.717, 1.165) is 0 Å². The molecule has 0 spiro atoms. The SMILES string of the molecule is O=C1C(Cl)=C(NCl)C(=O)c2ccccc21. The van der Waals surface area contributed by atoms with Gasteiger partial charge in [-0.1, -0.05) is 35.9 Å². The van der Waals surface area contributed by atoms with Crippen LogP contribution in [0.2, 0.25) is 0 Å². The number of rotatable bonds is 1. The second kappa shape index (κ2) is 3.68. The molecule has 15 heavy (non-hydrogen) atoms. The summed E-state index contributed by atoms with van der Waals surface area (Å²) in [5.41, 5.74) is 0.556. The third-order valence-corrected chi connectivity index (χ3v) is 2.71. The number of hydrogen-bond acceptors (Lipinski definition) is 3. The Hall–Kier alpha value is -1.32. The van der Waals surface area contributed by atoms with Gasteiger partial charge in [0.15, 0.2) is 0 Å². The Kier molecular flexibility index (Phi) is 2.50. The minimum absolute atomic E-state index is 0.0676. The minimum Gasteiger partial charge on any atom is -0.293 e. The predicted molar refractivity (Wildman–Crippen MR) is 57.0 cm³/mol. The van der Waals surface area contributed by atoms with E-state index in [1.807, 2.05) is 0 Å². The molecule has 3 nitrogen and oxygen atoms in total. The molecule has 0 aromatic heterocycles. The Morgan fingerprint density at radius 2 is 1.53 bits per heavy atom. The van der Waals surface area contributed by atoms with E-state index < -0.39 is 5.78 Å². The van der Waals surface area contributed by atoms with Crippen molar-refractivity contribution in [2.75, 3.05) is 0 Å². The average Bonchev–Trinajstić information content (AvgIpc) is 2.27. The number of nitrogens with one attached hydrogen (secondary N) is 1. The quantitative estimate of drug-likeness (QED) is 0.768. The lowest BCUT2D eigenvalue weighted by molar-refractivity contribution is 0.0977. The largest absolute Gasteiger partial charge is 0.293 e. The molecule has 0 atom stereocenters. The summed E-state index contributed by atoms with van der Waals surface area (Å²) >= 11 is 11.1. The van der Waals surface area contributed by atoms with Gasteiger partial charge in [0.25, 0.3) is 0 Å². The maximum absolute atomic E-state index is 11.8. The van der Waals surface area contributed by atoms with Crippen LogP contribution in [0.15, 0.2) is 35.0 Å². The van der Waals surface area contributed by atoms with Crippen LogP contribution in [0.5, 0.6) is 0 Å². The van der Waals surface area contributed by atoms with Crippen LogP contribution in [-0.2, 0) is 0 Å². The highest BCUT2D eigenvalue weighted by Gasteiger charge is 2.30. The van der Waals surface area contributed by atoms with Gasteiger partial charge >= 0.3 is 0 Å². The molecule has 1 aliphatic carbocycles. The molecule has 1 aromatic carbocycles. The molecule has 0 saturated heterocycles. The summed E-state index contributed by atoms with van der Waals surface area (Å²) in [6.45, 7) is 0. The van der Waals surface area contributed by atoms with Crippen molar-refractivity contribution in [3.8, 4) is 0 Å². The summed E-state index contributed by atoms with van der Waals surface area (Å²) in [5, 5.41) is -0.172. The van der Waals surface area contributed by atoms with E-state index in [1.54, 1.807) is 24.3 Å². The van der Waals surface area contributed by atoms with Crippen LogP contribution in [0.25, 0.3) is 0 Å². The first-order valence-corrected chi connectivity index (χ1v) is 4.87. The maximum Gasteiger partial charge on any atom is 0.212 e. The van der Waals surface area contributed by atoms with Gasteiger partial charge in [-0.25, -0.2) is 0 Å². The molecule has 0 aliphatic heterocycles. The van der Waals surface area contributed by atoms with Gasteiger partial charge in [-0.3, -0.25) is 14.4 Å². The number of hydrogen-bond donors (Lipinski definition) is 1. The summed E-state index contributed by atoms with van der Waals surface area (Å²) in [4.78, 5) is 25.6. The van der Waals surface area contributed by atoms with Crippen molar-refractivity contribution < 1.29 is 9.59 Å². The molecule has 76 valence electrons. The van der Waals surface area contributed by atoms with Crippen LogP contribution in [0.4, 0.5) is 0 Å². The smallest absolute Gasteiger partial charge is 0.212 e. The molecular formula is C10H5Cl2NO2. The number of carbonyl (C=O) groups is 2. The van der Waals surface area contributed by atoms with Crippen molar-refractivity contribution in [2.24, 2.45) is 0 Å². The molecule has 2 rings (SSSR count). The summed E-state index contributed by atoms with van der Waals surface area (Å²) < 4.78 is 0. The Morgan fingerprint density at radius 3 is 2.07 bits per heavy atom. The molecular weight excluding hydrogens is 237 g/mol. The number of fused-ring (bicyclic) bond motifs is 1. The fourth-order valence-electron chi connectivity index (χ4n) is 1.43. The highest BCUT2D eigenvalue weighted by atomic mass is 35.5. The number of benzene rings is 1. The van der Waals surface area contributed by atoms with Crippen molar-refractivity contribution in [3.05, 3.63) is 46.1 Å². The van der Waals surface area contributed by atoms with E-state index in [9.17, 15) is 9.59 Å². The van der Waals surface area contributed by atoms with Crippen LogP contribution in [0.1, 0.15) is 20.7 Å². The normalized spacial score (nSPS) is 15.3.